The average Bonchev–Trinajstić information content (AvgIpc) is 2.31. The van der Waals surface area contributed by atoms with Gasteiger partial charge in [0, 0.05) is 7.05 Å². The summed E-state index contributed by atoms with van der Waals surface area (Å²) in [6, 6.07) is 5.35. The summed E-state index contributed by atoms with van der Waals surface area (Å²) < 4.78 is 10.2. The monoisotopic (exact) mass is 221 g/mol. The minimum absolute atomic E-state index is 0.398. The van der Waals surface area contributed by atoms with Crippen LogP contribution < -0.4 is 14.8 Å². The van der Waals surface area contributed by atoms with Gasteiger partial charge in [0.05, 0.1) is 7.11 Å². The molecule has 16 heavy (non-hydrogen) atoms. The molecule has 4 nitrogen and oxygen atoms in total. The van der Waals surface area contributed by atoms with Crippen molar-refractivity contribution in [2.24, 2.45) is 0 Å². The van der Waals surface area contributed by atoms with E-state index in [2.05, 4.69) is 5.32 Å². The number of hydrogen-bond donors (Lipinski definition) is 1. The molecule has 1 aromatic carbocycles. The lowest BCUT2D eigenvalue weighted by Crippen LogP contribution is -2.22. The number of carbonyl (C=O) groups is 1. The summed E-state index contributed by atoms with van der Waals surface area (Å²) in [4.78, 5) is 11.1. The normalized spacial score (nSPS) is 10.2. The van der Waals surface area contributed by atoms with Crippen LogP contribution in [0.25, 0.3) is 6.08 Å². The lowest BCUT2D eigenvalue weighted by atomic mass is 10.2. The Labute approximate surface area is 94.9 Å². The maximum absolute atomic E-state index is 11.1. The number of carbonyl (C=O) groups excluding carboxylic acids is 1. The molecule has 0 unspecified atom stereocenters. The van der Waals surface area contributed by atoms with Crippen LogP contribution in [0.4, 0.5) is 4.79 Å². The first-order chi connectivity index (χ1) is 7.71. The van der Waals surface area contributed by atoms with E-state index >= 15 is 0 Å². The highest BCUT2D eigenvalue weighted by Gasteiger charge is 2.08. The Morgan fingerprint density at radius 2 is 2.12 bits per heavy atom. The van der Waals surface area contributed by atoms with Gasteiger partial charge in [0.2, 0.25) is 0 Å². The molecule has 0 heterocycles. The third-order valence-electron chi connectivity index (χ3n) is 1.95. The van der Waals surface area contributed by atoms with Gasteiger partial charge in [0.1, 0.15) is 0 Å². The summed E-state index contributed by atoms with van der Waals surface area (Å²) in [5, 5.41) is 2.37. The van der Waals surface area contributed by atoms with E-state index in [-0.39, 0.29) is 0 Å². The first-order valence-electron chi connectivity index (χ1n) is 4.91. The van der Waals surface area contributed by atoms with Gasteiger partial charge in [-0.15, -0.1) is 0 Å². The molecule has 0 fully saturated rings. The van der Waals surface area contributed by atoms with Crippen LogP contribution in [-0.2, 0) is 0 Å². The van der Waals surface area contributed by atoms with Crippen molar-refractivity contribution in [3.05, 3.63) is 29.8 Å². The Hall–Kier alpha value is -1.97. The van der Waals surface area contributed by atoms with Crippen LogP contribution in [0.15, 0.2) is 24.3 Å². The zero-order chi connectivity index (χ0) is 12.0. The molecule has 1 rings (SSSR count). The first kappa shape index (κ1) is 12.1. The van der Waals surface area contributed by atoms with Crippen LogP contribution >= 0.6 is 0 Å². The Kier molecular flexibility index (Phi) is 4.39. The molecule has 0 saturated carbocycles. The minimum Gasteiger partial charge on any atom is -0.493 e. The number of nitrogens with one attached hydrogen (secondary N) is 1. The Morgan fingerprint density at radius 3 is 2.69 bits per heavy atom. The number of amides is 1. The van der Waals surface area contributed by atoms with Gasteiger partial charge in [-0.2, -0.15) is 0 Å². The van der Waals surface area contributed by atoms with Crippen molar-refractivity contribution < 1.29 is 14.3 Å². The summed E-state index contributed by atoms with van der Waals surface area (Å²) in [6.07, 6.45) is 3.34. The molecule has 4 heteroatoms. The summed E-state index contributed by atoms with van der Waals surface area (Å²) in [5.74, 6) is 0.925. The van der Waals surface area contributed by atoms with Gasteiger partial charge < -0.3 is 14.8 Å². The second kappa shape index (κ2) is 5.80. The molecule has 0 bridgehead atoms. The standard InChI is InChI=1S/C12H15NO3/c1-4-5-9-6-7-10(11(8-9)15-3)16-12(14)13-2/h4-8H,1-3H3,(H,13,14). The van der Waals surface area contributed by atoms with E-state index in [9.17, 15) is 4.79 Å². The van der Waals surface area contributed by atoms with E-state index in [1.165, 1.54) is 14.2 Å². The third kappa shape index (κ3) is 3.02. The Morgan fingerprint density at radius 1 is 1.38 bits per heavy atom. The molecule has 0 saturated heterocycles. The van der Waals surface area contributed by atoms with Crippen molar-refractivity contribution >= 4 is 12.2 Å². The van der Waals surface area contributed by atoms with Crippen LogP contribution in [0.3, 0.4) is 0 Å². The maximum Gasteiger partial charge on any atom is 0.412 e. The number of rotatable bonds is 3. The topological polar surface area (TPSA) is 47.6 Å². The van der Waals surface area contributed by atoms with Crippen molar-refractivity contribution in [1.82, 2.24) is 5.32 Å². The Balaban J connectivity index is 2.97. The number of benzene rings is 1. The minimum atomic E-state index is -0.517. The molecule has 86 valence electrons. The number of allylic oxidation sites excluding steroid dienone is 1. The summed E-state index contributed by atoms with van der Waals surface area (Å²) in [5.41, 5.74) is 0.989. The van der Waals surface area contributed by atoms with Gasteiger partial charge in [-0.1, -0.05) is 18.2 Å². The zero-order valence-electron chi connectivity index (χ0n) is 9.61. The largest absolute Gasteiger partial charge is 0.493 e. The Bertz CT molecular complexity index is 399. The lowest BCUT2D eigenvalue weighted by Gasteiger charge is -2.09. The van der Waals surface area contributed by atoms with E-state index in [4.69, 9.17) is 9.47 Å². The number of hydrogen-bond acceptors (Lipinski definition) is 3. The van der Waals surface area contributed by atoms with Crippen molar-refractivity contribution in [2.75, 3.05) is 14.2 Å². The fraction of sp³-hybridized carbons (Fsp3) is 0.250. The molecule has 0 aliphatic rings. The predicted octanol–water partition coefficient (Wildman–Crippen LogP) is 2.45. The summed E-state index contributed by atoms with van der Waals surface area (Å²) in [7, 11) is 3.04. The molecule has 1 aromatic rings. The van der Waals surface area contributed by atoms with E-state index < -0.39 is 6.09 Å². The van der Waals surface area contributed by atoms with Crippen molar-refractivity contribution in [3.63, 3.8) is 0 Å². The molecule has 0 spiro atoms. The molecule has 0 aliphatic heterocycles. The van der Waals surface area contributed by atoms with E-state index in [1.807, 2.05) is 25.1 Å². The highest BCUT2D eigenvalue weighted by molar-refractivity contribution is 5.71. The molecule has 0 aromatic heterocycles. The quantitative estimate of drug-likeness (QED) is 0.852. The molecule has 0 radical (unpaired) electrons. The second-order valence-corrected chi connectivity index (χ2v) is 3.05. The van der Waals surface area contributed by atoms with E-state index in [0.29, 0.717) is 11.5 Å². The van der Waals surface area contributed by atoms with Crippen molar-refractivity contribution in [1.29, 1.82) is 0 Å². The molecular formula is C12H15NO3. The van der Waals surface area contributed by atoms with Gasteiger partial charge in [-0.25, -0.2) is 4.79 Å². The highest BCUT2D eigenvalue weighted by atomic mass is 16.6. The van der Waals surface area contributed by atoms with Gasteiger partial charge in [-0.05, 0) is 24.6 Å². The van der Waals surface area contributed by atoms with Gasteiger partial charge in [0.15, 0.2) is 11.5 Å². The van der Waals surface area contributed by atoms with Gasteiger partial charge >= 0.3 is 6.09 Å². The number of ether oxygens (including phenoxy) is 2. The SMILES string of the molecule is CC=Cc1ccc(OC(=O)NC)c(OC)c1. The van der Waals surface area contributed by atoms with Crippen LogP contribution in [0.2, 0.25) is 0 Å². The van der Waals surface area contributed by atoms with E-state index in [1.54, 1.807) is 12.1 Å². The third-order valence-corrected chi connectivity index (χ3v) is 1.95. The molecule has 1 amide bonds. The first-order valence-corrected chi connectivity index (χ1v) is 4.91. The second-order valence-electron chi connectivity index (χ2n) is 3.05. The van der Waals surface area contributed by atoms with E-state index in [0.717, 1.165) is 5.56 Å². The molecule has 0 atom stereocenters. The van der Waals surface area contributed by atoms with Crippen molar-refractivity contribution in [2.45, 2.75) is 6.92 Å². The fourth-order valence-electron chi connectivity index (χ4n) is 1.22. The van der Waals surface area contributed by atoms with Crippen LogP contribution in [0.1, 0.15) is 12.5 Å². The highest BCUT2D eigenvalue weighted by Crippen LogP contribution is 2.28. The molecular weight excluding hydrogens is 206 g/mol. The van der Waals surface area contributed by atoms with Crippen molar-refractivity contribution in [3.8, 4) is 11.5 Å². The lowest BCUT2D eigenvalue weighted by molar-refractivity contribution is 0.201. The average molecular weight is 221 g/mol. The summed E-state index contributed by atoms with van der Waals surface area (Å²) in [6.45, 7) is 1.93. The molecule has 0 aliphatic carbocycles. The fourth-order valence-corrected chi connectivity index (χ4v) is 1.22. The summed E-state index contributed by atoms with van der Waals surface area (Å²) >= 11 is 0. The number of methoxy groups -OCH3 is 1. The zero-order valence-corrected chi connectivity index (χ0v) is 9.61. The van der Waals surface area contributed by atoms with Crippen LogP contribution in [0.5, 0.6) is 11.5 Å². The molecule has 1 N–H and O–H groups in total. The maximum atomic E-state index is 11.1. The van der Waals surface area contributed by atoms with Crippen LogP contribution in [-0.4, -0.2) is 20.3 Å². The smallest absolute Gasteiger partial charge is 0.412 e. The van der Waals surface area contributed by atoms with Gasteiger partial charge in [0.25, 0.3) is 0 Å². The predicted molar refractivity (Wildman–Crippen MR) is 62.8 cm³/mol. The van der Waals surface area contributed by atoms with Crippen LogP contribution in [0, 0.1) is 0 Å². The van der Waals surface area contributed by atoms with Gasteiger partial charge in [-0.3, -0.25) is 0 Å².